The number of aliphatic hydroxyl groups is 1. The van der Waals surface area contributed by atoms with Crippen molar-refractivity contribution in [3.63, 3.8) is 0 Å². The number of piperidine rings is 1. The third kappa shape index (κ3) is 2.91. The molecule has 0 amide bonds. The van der Waals surface area contributed by atoms with Gasteiger partial charge in [0.15, 0.2) is 0 Å². The van der Waals surface area contributed by atoms with Crippen LogP contribution >= 0.6 is 0 Å². The van der Waals surface area contributed by atoms with Crippen molar-refractivity contribution in [1.82, 2.24) is 9.88 Å². The lowest BCUT2D eigenvalue weighted by molar-refractivity contribution is 0.0787. The van der Waals surface area contributed by atoms with Gasteiger partial charge < -0.3 is 10.5 Å². The minimum absolute atomic E-state index is 0.124. The number of nitrogens with two attached hydrogens (primary N) is 1. The molecule has 1 aliphatic rings. The van der Waals surface area contributed by atoms with Crippen molar-refractivity contribution >= 4 is 5.69 Å². The lowest BCUT2D eigenvalue weighted by Crippen LogP contribution is -2.35. The minimum atomic E-state index is -0.124. The average molecular weight is 222 g/mol. The van der Waals surface area contributed by atoms with Gasteiger partial charge in [-0.3, -0.25) is 15.7 Å². The van der Waals surface area contributed by atoms with Crippen LogP contribution < -0.4 is 11.3 Å². The summed E-state index contributed by atoms with van der Waals surface area (Å²) in [5.74, 6) is 5.35. The fourth-order valence-corrected chi connectivity index (χ4v) is 1.96. The number of aliphatic hydroxyl groups excluding tert-OH is 1. The zero-order valence-corrected chi connectivity index (χ0v) is 9.26. The number of rotatable bonds is 3. The smallest absolute Gasteiger partial charge is 0.0564 e. The van der Waals surface area contributed by atoms with Crippen LogP contribution in [0.4, 0.5) is 5.69 Å². The van der Waals surface area contributed by atoms with Crippen molar-refractivity contribution in [3.05, 3.63) is 24.0 Å². The van der Waals surface area contributed by atoms with Gasteiger partial charge in [0.2, 0.25) is 0 Å². The number of likely N-dealkylation sites (tertiary alicyclic amines) is 1. The third-order valence-electron chi connectivity index (χ3n) is 2.93. The number of anilines is 1. The maximum absolute atomic E-state index is 9.41. The van der Waals surface area contributed by atoms with E-state index in [-0.39, 0.29) is 6.10 Å². The lowest BCUT2D eigenvalue weighted by Gasteiger charge is -2.29. The van der Waals surface area contributed by atoms with E-state index in [4.69, 9.17) is 5.84 Å². The SMILES string of the molecule is NNc1ccnc(CN2CCC(O)CC2)c1. The Morgan fingerprint density at radius 1 is 1.50 bits per heavy atom. The number of hydrogen-bond acceptors (Lipinski definition) is 5. The van der Waals surface area contributed by atoms with Crippen LogP contribution in [0.25, 0.3) is 0 Å². The first kappa shape index (κ1) is 11.3. The van der Waals surface area contributed by atoms with Crippen molar-refractivity contribution < 1.29 is 5.11 Å². The zero-order valence-electron chi connectivity index (χ0n) is 9.26. The van der Waals surface area contributed by atoms with Gasteiger partial charge in [-0.25, -0.2) is 0 Å². The monoisotopic (exact) mass is 222 g/mol. The van der Waals surface area contributed by atoms with E-state index in [9.17, 15) is 5.11 Å². The maximum atomic E-state index is 9.41. The molecule has 0 saturated carbocycles. The molecular formula is C11H18N4O. The summed E-state index contributed by atoms with van der Waals surface area (Å²) < 4.78 is 0. The molecule has 1 saturated heterocycles. The molecule has 88 valence electrons. The van der Waals surface area contributed by atoms with E-state index >= 15 is 0 Å². The molecule has 1 fully saturated rings. The van der Waals surface area contributed by atoms with Crippen LogP contribution in [0, 0.1) is 0 Å². The molecule has 0 unspecified atom stereocenters. The van der Waals surface area contributed by atoms with E-state index in [2.05, 4.69) is 15.3 Å². The van der Waals surface area contributed by atoms with Gasteiger partial charge in [0, 0.05) is 25.8 Å². The number of nitrogen functional groups attached to an aromatic ring is 1. The van der Waals surface area contributed by atoms with Gasteiger partial charge in [0.1, 0.15) is 0 Å². The Hall–Kier alpha value is -1.17. The highest BCUT2D eigenvalue weighted by Crippen LogP contribution is 2.14. The molecule has 5 nitrogen and oxygen atoms in total. The summed E-state index contributed by atoms with van der Waals surface area (Å²) in [4.78, 5) is 6.60. The van der Waals surface area contributed by atoms with Gasteiger partial charge in [-0.1, -0.05) is 0 Å². The Balaban J connectivity index is 1.93. The topological polar surface area (TPSA) is 74.4 Å². The van der Waals surface area contributed by atoms with Gasteiger partial charge in [0.05, 0.1) is 17.5 Å². The molecule has 0 aliphatic carbocycles. The first-order valence-corrected chi connectivity index (χ1v) is 5.60. The summed E-state index contributed by atoms with van der Waals surface area (Å²) in [6.07, 6.45) is 3.34. The van der Waals surface area contributed by atoms with Crippen molar-refractivity contribution in [2.24, 2.45) is 5.84 Å². The standard InChI is InChI=1S/C11H18N4O/c12-14-9-1-4-13-10(7-9)8-15-5-2-11(16)3-6-15/h1,4,7,11,16H,2-3,5-6,8,12H2,(H,13,14). The predicted octanol–water partition coefficient (Wildman–Crippen LogP) is 0.324. The minimum Gasteiger partial charge on any atom is -0.393 e. The van der Waals surface area contributed by atoms with E-state index in [1.807, 2.05) is 12.1 Å². The quantitative estimate of drug-likeness (QED) is 0.507. The fraction of sp³-hybridized carbons (Fsp3) is 0.545. The first-order valence-electron chi connectivity index (χ1n) is 5.60. The number of nitrogens with one attached hydrogen (secondary N) is 1. The van der Waals surface area contributed by atoms with Crippen LogP contribution in [-0.4, -0.2) is 34.2 Å². The molecular weight excluding hydrogens is 204 g/mol. The summed E-state index contributed by atoms with van der Waals surface area (Å²) >= 11 is 0. The summed E-state index contributed by atoms with van der Waals surface area (Å²) in [6.45, 7) is 2.69. The number of aromatic nitrogens is 1. The Morgan fingerprint density at radius 2 is 2.25 bits per heavy atom. The van der Waals surface area contributed by atoms with Gasteiger partial charge in [-0.2, -0.15) is 0 Å². The largest absolute Gasteiger partial charge is 0.393 e. The van der Waals surface area contributed by atoms with Crippen LogP contribution in [0.3, 0.4) is 0 Å². The van der Waals surface area contributed by atoms with Crippen LogP contribution in [0.1, 0.15) is 18.5 Å². The second kappa shape index (κ2) is 5.25. The first-order chi connectivity index (χ1) is 7.78. The fourth-order valence-electron chi connectivity index (χ4n) is 1.96. The molecule has 1 aromatic heterocycles. The molecule has 0 spiro atoms. The summed E-state index contributed by atoms with van der Waals surface area (Å²) in [7, 11) is 0. The second-order valence-electron chi connectivity index (χ2n) is 4.19. The van der Waals surface area contributed by atoms with Crippen LogP contribution in [0.5, 0.6) is 0 Å². The molecule has 0 radical (unpaired) electrons. The molecule has 1 aromatic rings. The van der Waals surface area contributed by atoms with Crippen molar-refractivity contribution in [2.75, 3.05) is 18.5 Å². The Bertz CT molecular complexity index is 337. The van der Waals surface area contributed by atoms with Crippen LogP contribution in [-0.2, 0) is 6.54 Å². The van der Waals surface area contributed by atoms with Crippen molar-refractivity contribution in [3.8, 4) is 0 Å². The van der Waals surface area contributed by atoms with Crippen molar-refractivity contribution in [1.29, 1.82) is 0 Å². The number of hydrogen-bond donors (Lipinski definition) is 3. The predicted molar refractivity (Wildman–Crippen MR) is 62.6 cm³/mol. The van der Waals surface area contributed by atoms with Gasteiger partial charge in [-0.05, 0) is 25.0 Å². The molecule has 0 aromatic carbocycles. The Labute approximate surface area is 95.2 Å². The summed E-state index contributed by atoms with van der Waals surface area (Å²) in [5.41, 5.74) is 4.50. The Kier molecular flexibility index (Phi) is 3.71. The molecule has 2 rings (SSSR count). The third-order valence-corrected chi connectivity index (χ3v) is 2.93. The highest BCUT2D eigenvalue weighted by atomic mass is 16.3. The molecule has 1 aliphatic heterocycles. The highest BCUT2D eigenvalue weighted by molar-refractivity contribution is 5.41. The zero-order chi connectivity index (χ0) is 11.4. The number of hydrazine groups is 1. The van der Waals surface area contributed by atoms with Crippen LogP contribution in [0.2, 0.25) is 0 Å². The van der Waals surface area contributed by atoms with Gasteiger partial charge >= 0.3 is 0 Å². The van der Waals surface area contributed by atoms with E-state index in [0.29, 0.717) is 0 Å². The highest BCUT2D eigenvalue weighted by Gasteiger charge is 2.17. The molecule has 2 heterocycles. The van der Waals surface area contributed by atoms with Gasteiger partial charge in [-0.15, -0.1) is 0 Å². The lowest BCUT2D eigenvalue weighted by atomic mass is 10.1. The normalized spacial score (nSPS) is 18.6. The van der Waals surface area contributed by atoms with Crippen LogP contribution in [0.15, 0.2) is 18.3 Å². The molecule has 4 N–H and O–H groups in total. The van der Waals surface area contributed by atoms with E-state index in [1.54, 1.807) is 6.20 Å². The number of pyridine rings is 1. The maximum Gasteiger partial charge on any atom is 0.0564 e. The Morgan fingerprint density at radius 3 is 2.94 bits per heavy atom. The molecule has 5 heteroatoms. The van der Waals surface area contributed by atoms with Gasteiger partial charge in [0.25, 0.3) is 0 Å². The van der Waals surface area contributed by atoms with E-state index in [1.165, 1.54) is 0 Å². The summed E-state index contributed by atoms with van der Waals surface area (Å²) in [6, 6.07) is 3.79. The molecule has 16 heavy (non-hydrogen) atoms. The van der Waals surface area contributed by atoms with E-state index in [0.717, 1.165) is 43.9 Å². The second-order valence-corrected chi connectivity index (χ2v) is 4.19. The average Bonchev–Trinajstić information content (AvgIpc) is 2.32. The number of nitrogens with zero attached hydrogens (tertiary/aromatic N) is 2. The van der Waals surface area contributed by atoms with E-state index < -0.39 is 0 Å². The molecule has 0 atom stereocenters. The van der Waals surface area contributed by atoms with Crippen molar-refractivity contribution in [2.45, 2.75) is 25.5 Å². The molecule has 0 bridgehead atoms. The summed E-state index contributed by atoms with van der Waals surface area (Å²) in [5, 5.41) is 9.41.